The van der Waals surface area contributed by atoms with Crippen LogP contribution in [0, 0.1) is 6.92 Å². The number of carbonyl (C=O) groups excluding carboxylic acids is 1. The van der Waals surface area contributed by atoms with Gasteiger partial charge in [-0.25, -0.2) is 4.98 Å². The molecule has 1 N–H and O–H groups in total. The van der Waals surface area contributed by atoms with Crippen molar-refractivity contribution in [1.29, 1.82) is 0 Å². The lowest BCUT2D eigenvalue weighted by molar-refractivity contribution is -0.111. The van der Waals surface area contributed by atoms with Crippen LogP contribution in [0.4, 0.5) is 5.13 Å². The second kappa shape index (κ2) is 11.1. The molecule has 0 radical (unpaired) electrons. The van der Waals surface area contributed by atoms with Gasteiger partial charge in [0.05, 0.1) is 17.3 Å². The first-order valence-corrected chi connectivity index (χ1v) is 12.2. The number of anilines is 1. The third-order valence-electron chi connectivity index (χ3n) is 4.99. The minimum atomic E-state index is -0.260. The van der Waals surface area contributed by atoms with Gasteiger partial charge in [-0.1, -0.05) is 60.2 Å². The van der Waals surface area contributed by atoms with E-state index in [9.17, 15) is 4.79 Å². The summed E-state index contributed by atoms with van der Waals surface area (Å²) in [5.41, 5.74) is 4.90. The molecule has 0 saturated carbocycles. The number of carbonyl (C=O) groups is 1. The maximum absolute atomic E-state index is 12.4. The van der Waals surface area contributed by atoms with Crippen molar-refractivity contribution >= 4 is 44.4 Å². The molecule has 3 aromatic carbocycles. The number of nitrogens with zero attached hydrogens (tertiary/aromatic N) is 1. The van der Waals surface area contributed by atoms with E-state index in [0.717, 1.165) is 26.9 Å². The fourth-order valence-electron chi connectivity index (χ4n) is 3.21. The Labute approximate surface area is 211 Å². The Morgan fingerprint density at radius 1 is 1.12 bits per heavy atom. The predicted octanol–water partition coefficient (Wildman–Crippen LogP) is 7.12. The van der Waals surface area contributed by atoms with Crippen LogP contribution in [0.5, 0.6) is 11.5 Å². The number of aryl methyl sites for hydroxylation is 1. The summed E-state index contributed by atoms with van der Waals surface area (Å²) < 4.78 is 12.2. The highest BCUT2D eigenvalue weighted by Crippen LogP contribution is 2.37. The molecule has 4 rings (SSSR count). The van der Waals surface area contributed by atoms with Gasteiger partial charge in [0.25, 0.3) is 0 Å². The molecule has 7 heteroatoms. The highest BCUT2D eigenvalue weighted by Gasteiger charge is 2.12. The average molecular weight is 535 g/mol. The Morgan fingerprint density at radius 2 is 1.88 bits per heavy atom. The van der Waals surface area contributed by atoms with Crippen molar-refractivity contribution in [3.8, 4) is 22.8 Å². The minimum absolute atomic E-state index is 0.260. The van der Waals surface area contributed by atoms with Gasteiger partial charge in [-0.05, 0) is 52.2 Å². The van der Waals surface area contributed by atoms with E-state index < -0.39 is 0 Å². The summed E-state index contributed by atoms with van der Waals surface area (Å²) in [6, 6.07) is 21.7. The molecule has 0 aliphatic carbocycles. The van der Waals surface area contributed by atoms with Crippen molar-refractivity contribution in [2.75, 3.05) is 12.4 Å². The van der Waals surface area contributed by atoms with Crippen LogP contribution in [0.25, 0.3) is 17.3 Å². The molecule has 172 valence electrons. The van der Waals surface area contributed by atoms with Crippen molar-refractivity contribution in [3.05, 3.63) is 99.3 Å². The van der Waals surface area contributed by atoms with Gasteiger partial charge in [-0.3, -0.25) is 10.1 Å². The SMILES string of the molecule is COc1cc(C=CC(=O)Nc2nc(-c3ccc(C)cc3)cs2)cc(Br)c1OCc1ccccc1. The molecule has 5 nitrogen and oxygen atoms in total. The van der Waals surface area contributed by atoms with Gasteiger partial charge < -0.3 is 9.47 Å². The van der Waals surface area contributed by atoms with Crippen LogP contribution in [0.1, 0.15) is 16.7 Å². The number of rotatable bonds is 8. The maximum atomic E-state index is 12.4. The third kappa shape index (κ3) is 6.12. The van der Waals surface area contributed by atoms with Crippen LogP contribution in [-0.4, -0.2) is 18.0 Å². The number of amides is 1. The van der Waals surface area contributed by atoms with Gasteiger partial charge in [0.1, 0.15) is 6.61 Å². The number of nitrogens with one attached hydrogen (secondary N) is 1. The van der Waals surface area contributed by atoms with Crippen LogP contribution in [0.3, 0.4) is 0 Å². The molecular weight excluding hydrogens is 512 g/mol. The van der Waals surface area contributed by atoms with E-state index in [0.29, 0.717) is 23.2 Å². The predicted molar refractivity (Wildman–Crippen MR) is 141 cm³/mol. The quantitative estimate of drug-likeness (QED) is 0.244. The second-order valence-electron chi connectivity index (χ2n) is 7.53. The topological polar surface area (TPSA) is 60.5 Å². The number of halogens is 1. The van der Waals surface area contributed by atoms with Gasteiger partial charge in [0, 0.05) is 17.0 Å². The zero-order valence-electron chi connectivity index (χ0n) is 18.7. The van der Waals surface area contributed by atoms with Crippen molar-refractivity contribution in [3.63, 3.8) is 0 Å². The zero-order valence-corrected chi connectivity index (χ0v) is 21.2. The van der Waals surface area contributed by atoms with E-state index in [1.54, 1.807) is 13.2 Å². The van der Waals surface area contributed by atoms with Gasteiger partial charge in [-0.15, -0.1) is 11.3 Å². The van der Waals surface area contributed by atoms with Crippen LogP contribution in [0.2, 0.25) is 0 Å². The molecule has 0 bridgehead atoms. The fourth-order valence-corrected chi connectivity index (χ4v) is 4.51. The average Bonchev–Trinajstić information content (AvgIpc) is 3.31. The van der Waals surface area contributed by atoms with E-state index in [1.807, 2.05) is 79.0 Å². The van der Waals surface area contributed by atoms with Crippen molar-refractivity contribution < 1.29 is 14.3 Å². The standard InChI is InChI=1S/C27H23BrN2O3S/c1-18-8-11-21(12-9-18)23-17-34-27(29-23)30-25(31)13-10-20-14-22(28)26(24(15-20)32-2)33-16-19-6-4-3-5-7-19/h3-15,17H,16H2,1-2H3,(H,29,30,31). The molecule has 1 aromatic heterocycles. The Morgan fingerprint density at radius 3 is 2.62 bits per heavy atom. The number of hydrogen-bond acceptors (Lipinski definition) is 5. The summed E-state index contributed by atoms with van der Waals surface area (Å²) in [6.07, 6.45) is 3.19. The zero-order chi connectivity index (χ0) is 23.9. The highest BCUT2D eigenvalue weighted by molar-refractivity contribution is 9.10. The lowest BCUT2D eigenvalue weighted by atomic mass is 10.1. The second-order valence-corrected chi connectivity index (χ2v) is 9.25. The van der Waals surface area contributed by atoms with Gasteiger partial charge in [0.15, 0.2) is 16.6 Å². The monoisotopic (exact) mass is 534 g/mol. The molecule has 0 fully saturated rings. The van der Waals surface area contributed by atoms with Crippen LogP contribution < -0.4 is 14.8 Å². The van der Waals surface area contributed by atoms with Crippen LogP contribution >= 0.6 is 27.3 Å². The van der Waals surface area contributed by atoms with Gasteiger partial charge >= 0.3 is 0 Å². The Kier molecular flexibility index (Phi) is 7.77. The lowest BCUT2D eigenvalue weighted by Gasteiger charge is -2.13. The number of thiazole rings is 1. The van der Waals surface area contributed by atoms with Crippen molar-refractivity contribution in [2.24, 2.45) is 0 Å². The molecule has 34 heavy (non-hydrogen) atoms. The molecule has 0 spiro atoms. The largest absolute Gasteiger partial charge is 0.493 e. The normalized spacial score (nSPS) is 10.9. The Hall–Kier alpha value is -3.42. The van der Waals surface area contributed by atoms with Gasteiger partial charge in [0.2, 0.25) is 5.91 Å². The third-order valence-corrected chi connectivity index (χ3v) is 6.33. The molecule has 0 aliphatic heterocycles. The molecule has 0 saturated heterocycles. The molecule has 1 amide bonds. The van der Waals surface area contributed by atoms with E-state index >= 15 is 0 Å². The smallest absolute Gasteiger partial charge is 0.250 e. The first kappa shape index (κ1) is 23.7. The Balaban J connectivity index is 1.41. The number of hydrogen-bond donors (Lipinski definition) is 1. The van der Waals surface area contributed by atoms with E-state index in [1.165, 1.54) is 23.0 Å². The Bertz CT molecular complexity index is 1300. The first-order valence-electron chi connectivity index (χ1n) is 10.6. The number of benzene rings is 3. The molecule has 1 heterocycles. The van der Waals surface area contributed by atoms with E-state index in [-0.39, 0.29) is 5.91 Å². The van der Waals surface area contributed by atoms with Crippen molar-refractivity contribution in [2.45, 2.75) is 13.5 Å². The fraction of sp³-hybridized carbons (Fsp3) is 0.111. The number of aromatic nitrogens is 1. The summed E-state index contributed by atoms with van der Waals surface area (Å²) in [5, 5.41) is 5.30. The summed E-state index contributed by atoms with van der Waals surface area (Å²) in [7, 11) is 1.59. The molecule has 0 aliphatic rings. The summed E-state index contributed by atoms with van der Waals surface area (Å²) in [4.78, 5) is 17.0. The summed E-state index contributed by atoms with van der Waals surface area (Å²) >= 11 is 4.95. The molecular formula is C27H23BrN2O3S. The maximum Gasteiger partial charge on any atom is 0.250 e. The summed E-state index contributed by atoms with van der Waals surface area (Å²) in [6.45, 7) is 2.47. The first-order chi connectivity index (χ1) is 16.5. The number of methoxy groups -OCH3 is 1. The van der Waals surface area contributed by atoms with Crippen LogP contribution in [0.15, 0.2) is 82.7 Å². The summed E-state index contributed by atoms with van der Waals surface area (Å²) in [5.74, 6) is 0.928. The molecule has 0 unspecified atom stereocenters. The van der Waals surface area contributed by atoms with E-state index in [2.05, 4.69) is 26.2 Å². The van der Waals surface area contributed by atoms with Crippen LogP contribution in [-0.2, 0) is 11.4 Å². The van der Waals surface area contributed by atoms with Crippen molar-refractivity contribution in [1.82, 2.24) is 4.98 Å². The minimum Gasteiger partial charge on any atom is -0.493 e. The lowest BCUT2D eigenvalue weighted by Crippen LogP contribution is -2.07. The number of ether oxygens (including phenoxy) is 2. The van der Waals surface area contributed by atoms with E-state index in [4.69, 9.17) is 9.47 Å². The highest BCUT2D eigenvalue weighted by atomic mass is 79.9. The molecule has 0 atom stereocenters. The van der Waals surface area contributed by atoms with Gasteiger partial charge in [-0.2, -0.15) is 0 Å². The molecule has 4 aromatic rings.